The summed E-state index contributed by atoms with van der Waals surface area (Å²) in [6.45, 7) is 4.11. The fourth-order valence-corrected chi connectivity index (χ4v) is 2.92. The van der Waals surface area contributed by atoms with Crippen LogP contribution in [0.15, 0.2) is 36.4 Å². The van der Waals surface area contributed by atoms with Crippen molar-refractivity contribution in [1.29, 1.82) is 0 Å². The van der Waals surface area contributed by atoms with Gasteiger partial charge in [0.25, 0.3) is 0 Å². The van der Waals surface area contributed by atoms with E-state index in [-0.39, 0.29) is 0 Å². The minimum Gasteiger partial charge on any atom is -0.496 e. The Morgan fingerprint density at radius 1 is 1.00 bits per heavy atom. The van der Waals surface area contributed by atoms with Crippen molar-refractivity contribution in [2.24, 2.45) is 0 Å². The van der Waals surface area contributed by atoms with Crippen molar-refractivity contribution < 1.29 is 9.47 Å². The highest BCUT2D eigenvalue weighted by Gasteiger charge is 2.17. The maximum absolute atomic E-state index is 6.20. The zero-order valence-corrected chi connectivity index (χ0v) is 13.8. The Hall–Kier alpha value is -2.75. The number of pyridine rings is 1. The van der Waals surface area contributed by atoms with Crippen molar-refractivity contribution in [1.82, 2.24) is 4.98 Å². The maximum atomic E-state index is 6.20. The quantitative estimate of drug-likeness (QED) is 0.740. The van der Waals surface area contributed by atoms with Crippen LogP contribution >= 0.6 is 0 Å². The van der Waals surface area contributed by atoms with E-state index in [1.807, 2.05) is 25.1 Å². The molecule has 0 aliphatic carbocycles. The smallest absolute Gasteiger partial charge is 0.213 e. The Kier molecular flexibility index (Phi) is 3.82. The van der Waals surface area contributed by atoms with E-state index in [9.17, 15) is 0 Å². The number of rotatable bonds is 3. The molecule has 0 bridgehead atoms. The van der Waals surface area contributed by atoms with E-state index in [0.29, 0.717) is 11.6 Å². The van der Waals surface area contributed by atoms with Gasteiger partial charge in [-0.25, -0.2) is 4.98 Å². The van der Waals surface area contributed by atoms with E-state index >= 15 is 0 Å². The molecule has 0 amide bonds. The number of nitrogens with zero attached hydrogens (tertiary/aromatic N) is 1. The van der Waals surface area contributed by atoms with Gasteiger partial charge in [0.05, 0.1) is 25.4 Å². The van der Waals surface area contributed by atoms with E-state index < -0.39 is 0 Å². The van der Waals surface area contributed by atoms with Gasteiger partial charge in [-0.2, -0.15) is 0 Å². The van der Waals surface area contributed by atoms with Gasteiger partial charge in [-0.1, -0.05) is 29.8 Å². The lowest BCUT2D eigenvalue weighted by atomic mass is 9.95. The van der Waals surface area contributed by atoms with Gasteiger partial charge >= 0.3 is 0 Å². The molecular formula is C19H20N2O2. The first kappa shape index (κ1) is 15.2. The van der Waals surface area contributed by atoms with Gasteiger partial charge < -0.3 is 15.2 Å². The lowest BCUT2D eigenvalue weighted by Gasteiger charge is -2.17. The fourth-order valence-electron chi connectivity index (χ4n) is 2.92. The first-order chi connectivity index (χ1) is 11.0. The predicted molar refractivity (Wildman–Crippen MR) is 94.2 cm³/mol. The van der Waals surface area contributed by atoms with Crippen LogP contribution in [0, 0.1) is 13.8 Å². The molecule has 4 nitrogen and oxygen atoms in total. The summed E-state index contributed by atoms with van der Waals surface area (Å²) in [4.78, 5) is 4.54. The summed E-state index contributed by atoms with van der Waals surface area (Å²) < 4.78 is 10.9. The minimum absolute atomic E-state index is 0.557. The summed E-state index contributed by atoms with van der Waals surface area (Å²) in [6.07, 6.45) is 0. The lowest BCUT2D eigenvalue weighted by molar-refractivity contribution is 0.399. The summed E-state index contributed by atoms with van der Waals surface area (Å²) in [7, 11) is 3.26. The van der Waals surface area contributed by atoms with Gasteiger partial charge in [0.2, 0.25) is 5.88 Å². The number of fused-ring (bicyclic) bond motifs is 1. The maximum Gasteiger partial charge on any atom is 0.213 e. The number of aromatic nitrogens is 1. The first-order valence-corrected chi connectivity index (χ1v) is 7.44. The van der Waals surface area contributed by atoms with E-state index in [1.54, 1.807) is 14.2 Å². The Labute approximate surface area is 135 Å². The SMILES string of the molecule is COc1cc(C)c2c(-c3cccc(C)c3)c(OC)cc(N)c2n1. The minimum atomic E-state index is 0.557. The second-order valence-corrected chi connectivity index (χ2v) is 5.62. The molecule has 1 heterocycles. The van der Waals surface area contributed by atoms with Crippen molar-refractivity contribution >= 4 is 16.6 Å². The molecule has 0 radical (unpaired) electrons. The van der Waals surface area contributed by atoms with Crippen molar-refractivity contribution in [3.05, 3.63) is 47.5 Å². The number of methoxy groups -OCH3 is 2. The molecule has 3 rings (SSSR count). The predicted octanol–water partition coefficient (Wildman–Crippen LogP) is 4.12. The molecule has 0 spiro atoms. The summed E-state index contributed by atoms with van der Waals surface area (Å²) in [5.41, 5.74) is 11.8. The molecule has 0 aliphatic rings. The number of nitrogen functional groups attached to an aromatic ring is 1. The van der Waals surface area contributed by atoms with Crippen LogP contribution in [0.25, 0.3) is 22.0 Å². The monoisotopic (exact) mass is 308 g/mol. The van der Waals surface area contributed by atoms with Crippen LogP contribution in [0.1, 0.15) is 11.1 Å². The summed E-state index contributed by atoms with van der Waals surface area (Å²) in [5, 5.41) is 0.994. The largest absolute Gasteiger partial charge is 0.496 e. The molecule has 118 valence electrons. The van der Waals surface area contributed by atoms with Crippen LogP contribution in [0.3, 0.4) is 0 Å². The highest BCUT2D eigenvalue weighted by molar-refractivity contribution is 6.05. The van der Waals surface area contributed by atoms with Crippen molar-refractivity contribution in [2.45, 2.75) is 13.8 Å². The van der Waals surface area contributed by atoms with Gasteiger partial charge in [-0.05, 0) is 25.0 Å². The third kappa shape index (κ3) is 2.57. The van der Waals surface area contributed by atoms with Crippen LogP contribution in [0.5, 0.6) is 11.6 Å². The van der Waals surface area contributed by atoms with Gasteiger partial charge in [0.1, 0.15) is 5.75 Å². The van der Waals surface area contributed by atoms with E-state index in [0.717, 1.165) is 33.3 Å². The van der Waals surface area contributed by atoms with Crippen molar-refractivity contribution in [3.8, 4) is 22.8 Å². The summed E-state index contributed by atoms with van der Waals surface area (Å²) in [5.74, 6) is 1.30. The van der Waals surface area contributed by atoms with Crippen LogP contribution in [0.4, 0.5) is 5.69 Å². The zero-order chi connectivity index (χ0) is 16.6. The summed E-state index contributed by atoms with van der Waals surface area (Å²) >= 11 is 0. The third-order valence-electron chi connectivity index (χ3n) is 3.99. The Morgan fingerprint density at radius 2 is 1.78 bits per heavy atom. The van der Waals surface area contributed by atoms with Crippen LogP contribution in [-0.2, 0) is 0 Å². The molecule has 0 atom stereocenters. The molecule has 2 N–H and O–H groups in total. The molecule has 0 fully saturated rings. The normalized spacial score (nSPS) is 10.8. The standard InChI is InChI=1S/C19H20N2O2/c1-11-6-5-7-13(8-11)18-15(22-3)10-14(20)19-17(18)12(2)9-16(21-19)23-4/h5-10H,20H2,1-4H3. The zero-order valence-electron chi connectivity index (χ0n) is 13.8. The average molecular weight is 308 g/mol. The second-order valence-electron chi connectivity index (χ2n) is 5.62. The second kappa shape index (κ2) is 5.80. The van der Waals surface area contributed by atoms with Crippen molar-refractivity contribution in [2.75, 3.05) is 20.0 Å². The topological polar surface area (TPSA) is 57.4 Å². The molecule has 0 aliphatic heterocycles. The van der Waals surface area contributed by atoms with Crippen LogP contribution < -0.4 is 15.2 Å². The Bertz CT molecular complexity index is 888. The number of hydrogen-bond donors (Lipinski definition) is 1. The highest BCUT2D eigenvalue weighted by Crippen LogP contribution is 2.41. The van der Waals surface area contributed by atoms with Gasteiger partial charge in [-0.15, -0.1) is 0 Å². The van der Waals surface area contributed by atoms with Crippen LogP contribution in [-0.4, -0.2) is 19.2 Å². The number of ether oxygens (including phenoxy) is 2. The number of nitrogens with two attached hydrogens (primary N) is 1. The lowest BCUT2D eigenvalue weighted by Crippen LogP contribution is -1.99. The molecule has 4 heteroatoms. The molecule has 2 aromatic carbocycles. The Morgan fingerprint density at radius 3 is 2.43 bits per heavy atom. The molecule has 0 unspecified atom stereocenters. The fraction of sp³-hybridized carbons (Fsp3) is 0.211. The molecule has 1 aromatic heterocycles. The summed E-state index contributed by atoms with van der Waals surface area (Å²) in [6, 6.07) is 12.1. The molecular weight excluding hydrogens is 288 g/mol. The molecule has 0 saturated heterocycles. The van der Waals surface area contributed by atoms with Crippen molar-refractivity contribution in [3.63, 3.8) is 0 Å². The highest BCUT2D eigenvalue weighted by atomic mass is 16.5. The van der Waals surface area contributed by atoms with E-state index in [1.165, 1.54) is 5.56 Å². The number of hydrogen-bond acceptors (Lipinski definition) is 4. The van der Waals surface area contributed by atoms with Gasteiger partial charge in [0.15, 0.2) is 0 Å². The van der Waals surface area contributed by atoms with E-state index in [2.05, 4.69) is 30.1 Å². The first-order valence-electron chi connectivity index (χ1n) is 7.44. The molecule has 3 aromatic rings. The molecule has 23 heavy (non-hydrogen) atoms. The van der Waals surface area contributed by atoms with Crippen LogP contribution in [0.2, 0.25) is 0 Å². The van der Waals surface area contributed by atoms with Gasteiger partial charge in [0, 0.05) is 23.1 Å². The number of aryl methyl sites for hydroxylation is 2. The number of anilines is 1. The van der Waals surface area contributed by atoms with E-state index in [4.69, 9.17) is 15.2 Å². The van der Waals surface area contributed by atoms with Gasteiger partial charge in [-0.3, -0.25) is 0 Å². The number of benzene rings is 2. The Balaban J connectivity index is 2.46. The average Bonchev–Trinajstić information content (AvgIpc) is 2.54. The molecule has 0 saturated carbocycles. The third-order valence-corrected chi connectivity index (χ3v) is 3.99.